The molecule has 0 heterocycles. The van der Waals surface area contributed by atoms with Crippen LogP contribution in [0.2, 0.25) is 5.02 Å². The van der Waals surface area contributed by atoms with Crippen LogP contribution in [-0.4, -0.2) is 24.0 Å². The summed E-state index contributed by atoms with van der Waals surface area (Å²) in [5, 5.41) is 2.80. The molecule has 0 aliphatic heterocycles. The van der Waals surface area contributed by atoms with Crippen LogP contribution in [0.1, 0.15) is 6.42 Å². The van der Waals surface area contributed by atoms with Crippen LogP contribution in [0.4, 0.5) is 10.1 Å². The van der Waals surface area contributed by atoms with Crippen LogP contribution in [0.5, 0.6) is 0 Å². The number of nitrogens with two attached hydrogens (primary N) is 1. The quantitative estimate of drug-likeness (QED) is 0.869. The van der Waals surface area contributed by atoms with Gasteiger partial charge in [-0.1, -0.05) is 11.6 Å². The first-order chi connectivity index (χ1) is 8.04. The third-order valence-electron chi connectivity index (χ3n) is 2.16. The Morgan fingerprint density at radius 1 is 1.65 bits per heavy atom. The highest BCUT2D eigenvalue weighted by atomic mass is 35.5. The Balaban J connectivity index is 2.64. The molecular formula is C11H14ClFN2OS. The van der Waals surface area contributed by atoms with E-state index in [0.717, 1.165) is 5.75 Å². The van der Waals surface area contributed by atoms with Crippen molar-refractivity contribution in [2.75, 3.05) is 17.3 Å². The van der Waals surface area contributed by atoms with Crippen LogP contribution in [0.15, 0.2) is 18.2 Å². The highest BCUT2D eigenvalue weighted by molar-refractivity contribution is 7.98. The lowest BCUT2D eigenvalue weighted by molar-refractivity contribution is -0.117. The minimum absolute atomic E-state index is 0.247. The number of carbonyl (C=O) groups is 1. The van der Waals surface area contributed by atoms with E-state index in [9.17, 15) is 9.18 Å². The highest BCUT2D eigenvalue weighted by Crippen LogP contribution is 2.22. The predicted molar refractivity (Wildman–Crippen MR) is 71.0 cm³/mol. The minimum atomic E-state index is -0.609. The first-order valence-corrected chi connectivity index (χ1v) is 6.82. The van der Waals surface area contributed by atoms with Gasteiger partial charge in [-0.05, 0) is 36.6 Å². The smallest absolute Gasteiger partial charge is 0.241 e. The fourth-order valence-electron chi connectivity index (χ4n) is 1.19. The summed E-state index contributed by atoms with van der Waals surface area (Å²) in [4.78, 5) is 11.7. The average Bonchev–Trinajstić information content (AvgIpc) is 2.30. The van der Waals surface area contributed by atoms with Crippen molar-refractivity contribution in [3.05, 3.63) is 29.0 Å². The number of benzene rings is 1. The Labute approximate surface area is 109 Å². The van der Waals surface area contributed by atoms with Gasteiger partial charge >= 0.3 is 0 Å². The summed E-state index contributed by atoms with van der Waals surface area (Å²) < 4.78 is 13.0. The number of hydrogen-bond acceptors (Lipinski definition) is 3. The standard InChI is InChI=1S/C11H14ClFN2OS/c1-17-5-4-9(14)11(16)15-10-6-7(13)2-3-8(10)12/h2-3,6,9H,4-5,14H2,1H3,(H,15,16)/t9-/m0/s1. The monoisotopic (exact) mass is 276 g/mol. The maximum absolute atomic E-state index is 13.0. The van der Waals surface area contributed by atoms with Crippen LogP contribution in [-0.2, 0) is 4.79 Å². The van der Waals surface area contributed by atoms with Gasteiger partial charge in [-0.25, -0.2) is 4.39 Å². The molecule has 0 aliphatic carbocycles. The van der Waals surface area contributed by atoms with Gasteiger partial charge in [-0.3, -0.25) is 4.79 Å². The number of nitrogens with one attached hydrogen (secondary N) is 1. The molecule has 0 bridgehead atoms. The lowest BCUT2D eigenvalue weighted by Crippen LogP contribution is -2.36. The Morgan fingerprint density at radius 2 is 2.35 bits per heavy atom. The van der Waals surface area contributed by atoms with Crippen LogP contribution in [0.25, 0.3) is 0 Å². The molecule has 1 atom stereocenters. The number of carbonyl (C=O) groups excluding carboxylic acids is 1. The molecule has 0 saturated heterocycles. The average molecular weight is 277 g/mol. The van der Waals surface area contributed by atoms with E-state index in [-0.39, 0.29) is 16.6 Å². The van der Waals surface area contributed by atoms with Crippen molar-refractivity contribution in [2.24, 2.45) is 5.73 Å². The molecule has 1 aromatic carbocycles. The van der Waals surface area contributed by atoms with Crippen molar-refractivity contribution >= 4 is 35.0 Å². The molecule has 6 heteroatoms. The van der Waals surface area contributed by atoms with Crippen molar-refractivity contribution < 1.29 is 9.18 Å². The molecule has 0 unspecified atom stereocenters. The Bertz CT molecular complexity index is 403. The SMILES string of the molecule is CSCC[C@H](N)C(=O)Nc1cc(F)ccc1Cl. The van der Waals surface area contributed by atoms with E-state index in [0.29, 0.717) is 6.42 Å². The summed E-state index contributed by atoms with van der Waals surface area (Å²) in [5.41, 5.74) is 5.92. The van der Waals surface area contributed by atoms with E-state index in [1.807, 2.05) is 6.26 Å². The van der Waals surface area contributed by atoms with Crippen molar-refractivity contribution in [2.45, 2.75) is 12.5 Å². The molecule has 1 aromatic rings. The van der Waals surface area contributed by atoms with Crippen molar-refractivity contribution in [1.82, 2.24) is 0 Å². The van der Waals surface area contributed by atoms with Crippen molar-refractivity contribution in [3.63, 3.8) is 0 Å². The molecule has 0 radical (unpaired) electrons. The number of rotatable bonds is 5. The van der Waals surface area contributed by atoms with Gasteiger partial charge in [-0.2, -0.15) is 11.8 Å². The molecule has 17 heavy (non-hydrogen) atoms. The summed E-state index contributed by atoms with van der Waals surface area (Å²) in [6, 6.07) is 3.18. The zero-order chi connectivity index (χ0) is 12.8. The van der Waals surface area contributed by atoms with Crippen molar-refractivity contribution in [3.8, 4) is 0 Å². The van der Waals surface area contributed by atoms with E-state index in [4.69, 9.17) is 17.3 Å². The molecule has 0 aromatic heterocycles. The van der Waals surface area contributed by atoms with Gasteiger partial charge in [0.15, 0.2) is 0 Å². The van der Waals surface area contributed by atoms with Gasteiger partial charge in [0.25, 0.3) is 0 Å². The molecule has 0 aliphatic rings. The van der Waals surface area contributed by atoms with Gasteiger partial charge in [0.1, 0.15) is 5.82 Å². The molecule has 0 fully saturated rings. The van der Waals surface area contributed by atoms with E-state index in [1.54, 1.807) is 11.8 Å². The number of halogens is 2. The first kappa shape index (κ1) is 14.3. The molecule has 0 spiro atoms. The second kappa shape index (κ2) is 6.83. The molecular weight excluding hydrogens is 263 g/mol. The fraction of sp³-hybridized carbons (Fsp3) is 0.364. The summed E-state index contributed by atoms with van der Waals surface area (Å²) in [7, 11) is 0. The van der Waals surface area contributed by atoms with Crippen LogP contribution >= 0.6 is 23.4 Å². The van der Waals surface area contributed by atoms with Crippen LogP contribution < -0.4 is 11.1 Å². The molecule has 94 valence electrons. The van der Waals surface area contributed by atoms with Gasteiger partial charge in [0.2, 0.25) is 5.91 Å². The van der Waals surface area contributed by atoms with E-state index in [2.05, 4.69) is 5.32 Å². The first-order valence-electron chi connectivity index (χ1n) is 5.05. The minimum Gasteiger partial charge on any atom is -0.323 e. The van der Waals surface area contributed by atoms with Gasteiger partial charge < -0.3 is 11.1 Å². The summed E-state index contributed by atoms with van der Waals surface area (Å²) in [5.74, 6) is -0.0141. The van der Waals surface area contributed by atoms with Crippen molar-refractivity contribution in [1.29, 1.82) is 0 Å². The van der Waals surface area contributed by atoms with Crippen LogP contribution in [0.3, 0.4) is 0 Å². The Kier molecular flexibility index (Phi) is 5.74. The molecule has 1 amide bonds. The number of thioether (sulfide) groups is 1. The highest BCUT2D eigenvalue weighted by Gasteiger charge is 2.14. The molecule has 1 rings (SSSR count). The summed E-state index contributed by atoms with van der Waals surface area (Å²) in [6.07, 6.45) is 2.51. The van der Waals surface area contributed by atoms with E-state index >= 15 is 0 Å². The van der Waals surface area contributed by atoms with Crippen LogP contribution in [0, 0.1) is 5.82 Å². The normalized spacial score (nSPS) is 12.2. The molecule has 0 saturated carbocycles. The van der Waals surface area contributed by atoms with E-state index in [1.165, 1.54) is 18.2 Å². The van der Waals surface area contributed by atoms with Gasteiger partial charge in [0.05, 0.1) is 16.8 Å². The second-order valence-electron chi connectivity index (χ2n) is 3.50. The lowest BCUT2D eigenvalue weighted by Gasteiger charge is -2.12. The predicted octanol–water partition coefficient (Wildman–Crippen LogP) is 2.50. The zero-order valence-corrected chi connectivity index (χ0v) is 10.9. The zero-order valence-electron chi connectivity index (χ0n) is 9.37. The van der Waals surface area contributed by atoms with E-state index < -0.39 is 11.9 Å². The second-order valence-corrected chi connectivity index (χ2v) is 4.89. The third-order valence-corrected chi connectivity index (χ3v) is 3.13. The Hall–Kier alpha value is -0.780. The summed E-state index contributed by atoms with van der Waals surface area (Å²) >= 11 is 7.44. The number of amides is 1. The fourth-order valence-corrected chi connectivity index (χ4v) is 1.85. The van der Waals surface area contributed by atoms with Gasteiger partial charge in [0, 0.05) is 0 Å². The Morgan fingerprint density at radius 3 is 3.00 bits per heavy atom. The molecule has 3 N–H and O–H groups in total. The topological polar surface area (TPSA) is 55.1 Å². The summed E-state index contributed by atoms with van der Waals surface area (Å²) in [6.45, 7) is 0. The number of anilines is 1. The number of hydrogen-bond donors (Lipinski definition) is 2. The maximum atomic E-state index is 13.0. The largest absolute Gasteiger partial charge is 0.323 e. The third kappa shape index (κ3) is 4.53. The maximum Gasteiger partial charge on any atom is 0.241 e. The lowest BCUT2D eigenvalue weighted by atomic mass is 10.2. The molecule has 3 nitrogen and oxygen atoms in total. The van der Waals surface area contributed by atoms with Gasteiger partial charge in [-0.15, -0.1) is 0 Å².